The normalized spacial score (nSPS) is 12.6. The fourth-order valence-electron chi connectivity index (χ4n) is 1.41. The van der Waals surface area contributed by atoms with Gasteiger partial charge < -0.3 is 10.2 Å². The van der Waals surface area contributed by atoms with Crippen LogP contribution in [-0.2, 0) is 6.42 Å². The summed E-state index contributed by atoms with van der Waals surface area (Å²) in [4.78, 5) is 0. The topological polar surface area (TPSA) is 35.2 Å². The van der Waals surface area contributed by atoms with Crippen LogP contribution in [0.4, 0.5) is 0 Å². The molecule has 0 saturated heterocycles. The summed E-state index contributed by atoms with van der Waals surface area (Å²) in [7, 11) is -1.76. The molecule has 0 saturated carbocycles. The summed E-state index contributed by atoms with van der Waals surface area (Å²) in [6.07, 6.45) is 0.870. The molecule has 0 unspecified atom stereocenters. The van der Waals surface area contributed by atoms with Crippen molar-refractivity contribution in [2.45, 2.75) is 45.3 Å². The molecule has 1 aromatic carbocycles. The first kappa shape index (κ1) is 15.7. The van der Waals surface area contributed by atoms with Gasteiger partial charge in [0.1, 0.15) is 5.75 Å². The van der Waals surface area contributed by atoms with Crippen molar-refractivity contribution in [2.24, 2.45) is 5.73 Å². The van der Waals surface area contributed by atoms with Crippen LogP contribution in [0.15, 0.2) is 22.7 Å². The van der Waals surface area contributed by atoms with Crippen molar-refractivity contribution in [1.82, 2.24) is 0 Å². The van der Waals surface area contributed by atoms with Crippen LogP contribution in [0.25, 0.3) is 0 Å². The molecule has 0 aliphatic carbocycles. The van der Waals surface area contributed by atoms with Gasteiger partial charge in [0.15, 0.2) is 0 Å². The first-order chi connectivity index (χ1) is 8.17. The minimum atomic E-state index is -1.76. The van der Waals surface area contributed by atoms with E-state index in [-0.39, 0.29) is 5.04 Å². The summed E-state index contributed by atoms with van der Waals surface area (Å²) in [5.41, 5.74) is 6.84. The highest BCUT2D eigenvalue weighted by molar-refractivity contribution is 9.10. The third kappa shape index (κ3) is 3.83. The fourth-order valence-corrected chi connectivity index (χ4v) is 2.88. The van der Waals surface area contributed by atoms with Gasteiger partial charge in [-0.1, -0.05) is 36.7 Å². The molecule has 0 spiro atoms. The summed E-state index contributed by atoms with van der Waals surface area (Å²) >= 11 is 3.55. The molecular weight excluding hydrogens is 306 g/mol. The van der Waals surface area contributed by atoms with E-state index in [1.165, 1.54) is 5.56 Å². The molecule has 18 heavy (non-hydrogen) atoms. The number of benzene rings is 1. The molecule has 0 atom stereocenters. The van der Waals surface area contributed by atoms with E-state index in [0.717, 1.165) is 16.6 Å². The van der Waals surface area contributed by atoms with E-state index in [2.05, 4.69) is 55.9 Å². The zero-order chi connectivity index (χ0) is 14.0. The Bertz CT molecular complexity index is 413. The molecule has 1 aromatic rings. The summed E-state index contributed by atoms with van der Waals surface area (Å²) in [6, 6.07) is 6.19. The fraction of sp³-hybridized carbons (Fsp3) is 0.571. The van der Waals surface area contributed by atoms with Gasteiger partial charge in [0, 0.05) is 4.47 Å². The van der Waals surface area contributed by atoms with Gasteiger partial charge in [-0.15, -0.1) is 0 Å². The van der Waals surface area contributed by atoms with Crippen molar-refractivity contribution < 1.29 is 4.43 Å². The molecule has 2 N–H and O–H groups in total. The number of nitrogens with two attached hydrogens (primary N) is 1. The molecule has 0 radical (unpaired) electrons. The van der Waals surface area contributed by atoms with Gasteiger partial charge in [0.25, 0.3) is 0 Å². The Balaban J connectivity index is 2.95. The number of hydrogen-bond acceptors (Lipinski definition) is 2. The van der Waals surface area contributed by atoms with E-state index < -0.39 is 8.32 Å². The lowest BCUT2D eigenvalue weighted by Gasteiger charge is -2.36. The first-order valence-corrected chi connectivity index (χ1v) is 10.0. The second kappa shape index (κ2) is 5.76. The van der Waals surface area contributed by atoms with Gasteiger partial charge in [-0.3, -0.25) is 0 Å². The van der Waals surface area contributed by atoms with Crippen LogP contribution in [0.3, 0.4) is 0 Å². The van der Waals surface area contributed by atoms with E-state index in [1.54, 1.807) is 0 Å². The smallest absolute Gasteiger partial charge is 0.250 e. The molecule has 0 aliphatic heterocycles. The van der Waals surface area contributed by atoms with Crippen molar-refractivity contribution in [1.29, 1.82) is 0 Å². The number of halogens is 1. The molecule has 0 bridgehead atoms. The van der Waals surface area contributed by atoms with Crippen molar-refractivity contribution in [2.75, 3.05) is 6.54 Å². The van der Waals surface area contributed by atoms with Crippen LogP contribution in [0.1, 0.15) is 26.3 Å². The summed E-state index contributed by atoms with van der Waals surface area (Å²) in [5.74, 6) is 0.966. The molecule has 0 fully saturated rings. The van der Waals surface area contributed by atoms with Crippen LogP contribution in [0.5, 0.6) is 5.75 Å². The minimum Gasteiger partial charge on any atom is -0.543 e. The molecule has 0 aromatic heterocycles. The van der Waals surface area contributed by atoms with Crippen LogP contribution >= 0.6 is 15.9 Å². The Morgan fingerprint density at radius 1 is 1.28 bits per heavy atom. The maximum absolute atomic E-state index is 6.29. The second-order valence-electron chi connectivity index (χ2n) is 6.15. The molecule has 2 nitrogen and oxygen atoms in total. The van der Waals surface area contributed by atoms with Gasteiger partial charge in [0.2, 0.25) is 8.32 Å². The average molecular weight is 330 g/mol. The van der Waals surface area contributed by atoms with Crippen molar-refractivity contribution in [3.8, 4) is 5.75 Å². The van der Waals surface area contributed by atoms with Crippen molar-refractivity contribution in [3.05, 3.63) is 28.2 Å². The predicted molar refractivity (Wildman–Crippen MR) is 84.7 cm³/mol. The summed E-state index contributed by atoms with van der Waals surface area (Å²) < 4.78 is 7.39. The maximum Gasteiger partial charge on any atom is 0.250 e. The highest BCUT2D eigenvalue weighted by Crippen LogP contribution is 2.37. The Kier molecular flexibility index (Phi) is 5.03. The summed E-state index contributed by atoms with van der Waals surface area (Å²) in [6.45, 7) is 11.9. The zero-order valence-corrected chi connectivity index (χ0v) is 14.6. The lowest BCUT2D eigenvalue weighted by atomic mass is 10.1. The van der Waals surface area contributed by atoms with Crippen molar-refractivity contribution >= 4 is 24.2 Å². The largest absolute Gasteiger partial charge is 0.543 e. The van der Waals surface area contributed by atoms with E-state index in [0.29, 0.717) is 6.54 Å². The van der Waals surface area contributed by atoms with Crippen LogP contribution in [0, 0.1) is 0 Å². The quantitative estimate of drug-likeness (QED) is 0.834. The molecular formula is C14H24BrNOSi. The lowest BCUT2D eigenvalue weighted by Crippen LogP contribution is -2.43. The Hall–Kier alpha value is -0.323. The van der Waals surface area contributed by atoms with Gasteiger partial charge >= 0.3 is 0 Å². The molecule has 102 valence electrons. The predicted octanol–water partition coefficient (Wildman–Crippen LogP) is 4.33. The molecule has 4 heteroatoms. The van der Waals surface area contributed by atoms with Gasteiger partial charge in [-0.25, -0.2) is 0 Å². The SMILES string of the molecule is CC(C)(C)[Si](C)(C)Oc1ccc(Br)c(CCN)c1. The third-order valence-corrected chi connectivity index (χ3v) is 8.74. The average Bonchev–Trinajstić information content (AvgIpc) is 2.21. The Labute approximate surface area is 120 Å². The molecule has 0 amide bonds. The second-order valence-corrected chi connectivity index (χ2v) is 11.7. The Morgan fingerprint density at radius 3 is 2.39 bits per heavy atom. The lowest BCUT2D eigenvalue weighted by molar-refractivity contribution is 0.491. The molecule has 1 rings (SSSR count). The number of hydrogen-bond donors (Lipinski definition) is 1. The standard InChI is InChI=1S/C14H24BrNOSi/c1-14(2,3)18(4,5)17-12-6-7-13(15)11(10-12)8-9-16/h6-7,10H,8-9,16H2,1-5H3. The van der Waals surface area contributed by atoms with E-state index >= 15 is 0 Å². The van der Waals surface area contributed by atoms with Gasteiger partial charge in [0.05, 0.1) is 0 Å². The Morgan fingerprint density at radius 2 is 1.89 bits per heavy atom. The first-order valence-electron chi connectivity index (χ1n) is 6.35. The highest BCUT2D eigenvalue weighted by Gasteiger charge is 2.38. The number of rotatable bonds is 4. The minimum absolute atomic E-state index is 0.216. The maximum atomic E-state index is 6.29. The van der Waals surface area contributed by atoms with Crippen molar-refractivity contribution in [3.63, 3.8) is 0 Å². The molecule has 0 aliphatic rings. The summed E-state index contributed by atoms with van der Waals surface area (Å²) in [5, 5.41) is 0.216. The van der Waals surface area contributed by atoms with E-state index in [4.69, 9.17) is 10.2 Å². The van der Waals surface area contributed by atoms with E-state index in [9.17, 15) is 0 Å². The monoisotopic (exact) mass is 329 g/mol. The van der Waals surface area contributed by atoms with E-state index in [1.807, 2.05) is 12.1 Å². The third-order valence-electron chi connectivity index (χ3n) is 3.61. The van der Waals surface area contributed by atoms with Crippen LogP contribution < -0.4 is 10.2 Å². The molecule has 0 heterocycles. The highest BCUT2D eigenvalue weighted by atomic mass is 79.9. The van der Waals surface area contributed by atoms with Gasteiger partial charge in [-0.05, 0) is 54.9 Å². The zero-order valence-electron chi connectivity index (χ0n) is 12.0. The van der Waals surface area contributed by atoms with Crippen LogP contribution in [0.2, 0.25) is 18.1 Å². The van der Waals surface area contributed by atoms with Gasteiger partial charge in [-0.2, -0.15) is 0 Å². The van der Waals surface area contributed by atoms with Crippen LogP contribution in [-0.4, -0.2) is 14.9 Å².